The number of benzene rings is 1. The van der Waals surface area contributed by atoms with Crippen LogP contribution in [0.5, 0.6) is 5.75 Å². The van der Waals surface area contributed by atoms with Crippen LogP contribution in [0.25, 0.3) is 0 Å². The first-order valence-corrected chi connectivity index (χ1v) is 7.37. The van der Waals surface area contributed by atoms with Gasteiger partial charge in [0, 0.05) is 13.1 Å². The van der Waals surface area contributed by atoms with E-state index in [1.54, 1.807) is 12.1 Å². The van der Waals surface area contributed by atoms with E-state index in [0.717, 1.165) is 4.90 Å². The second-order valence-electron chi connectivity index (χ2n) is 5.46. The van der Waals surface area contributed by atoms with Crippen LogP contribution < -0.4 is 10.1 Å². The molecule has 1 saturated heterocycles. The maximum absolute atomic E-state index is 13.0. The zero-order chi connectivity index (χ0) is 18.6. The molecule has 0 aliphatic carbocycles. The Bertz CT molecular complexity index is 638. The standard InChI is InChI=1S/C15H16F4N2O4/c16-5-6-25-12-4-2-1-3-11(12)20-14(24)21-7-9(13(22)23)10(8-21)15(17,18)19/h1-4,9-10H,5-8H2,(H,20,24)(H,22,23)/t9-,10-/m1/s1. The number of hydrogen-bond donors (Lipinski definition) is 2. The van der Waals surface area contributed by atoms with Crippen LogP contribution in [0.4, 0.5) is 28.0 Å². The van der Waals surface area contributed by atoms with E-state index >= 15 is 0 Å². The lowest BCUT2D eigenvalue weighted by Crippen LogP contribution is -2.35. The number of likely N-dealkylation sites (tertiary alicyclic amines) is 1. The van der Waals surface area contributed by atoms with Crippen molar-refractivity contribution in [2.45, 2.75) is 6.18 Å². The maximum atomic E-state index is 13.0. The second kappa shape index (κ2) is 7.58. The fraction of sp³-hybridized carbons (Fsp3) is 0.467. The molecule has 2 rings (SSSR count). The van der Waals surface area contributed by atoms with E-state index < -0.39 is 49.8 Å². The number of rotatable bonds is 5. The molecule has 25 heavy (non-hydrogen) atoms. The molecule has 1 fully saturated rings. The second-order valence-corrected chi connectivity index (χ2v) is 5.46. The van der Waals surface area contributed by atoms with Crippen LogP contribution in [-0.2, 0) is 4.79 Å². The van der Waals surface area contributed by atoms with Gasteiger partial charge in [-0.1, -0.05) is 12.1 Å². The smallest absolute Gasteiger partial charge is 0.394 e. The van der Waals surface area contributed by atoms with Crippen molar-refractivity contribution in [1.29, 1.82) is 0 Å². The van der Waals surface area contributed by atoms with Crippen LogP contribution in [0.2, 0.25) is 0 Å². The summed E-state index contributed by atoms with van der Waals surface area (Å²) in [7, 11) is 0. The molecular formula is C15H16F4N2O4. The molecule has 2 amide bonds. The van der Waals surface area contributed by atoms with Gasteiger partial charge in [-0.25, -0.2) is 9.18 Å². The van der Waals surface area contributed by atoms with Crippen molar-refractivity contribution in [1.82, 2.24) is 4.90 Å². The molecule has 1 heterocycles. The van der Waals surface area contributed by atoms with Crippen LogP contribution in [0.1, 0.15) is 0 Å². The Kier molecular flexibility index (Phi) is 5.70. The summed E-state index contributed by atoms with van der Waals surface area (Å²) < 4.78 is 56.2. The minimum absolute atomic E-state index is 0.156. The molecule has 2 N–H and O–H groups in total. The summed E-state index contributed by atoms with van der Waals surface area (Å²) in [5, 5.41) is 11.3. The first-order chi connectivity index (χ1) is 11.7. The van der Waals surface area contributed by atoms with E-state index in [9.17, 15) is 27.2 Å². The molecule has 6 nitrogen and oxygen atoms in total. The molecule has 10 heteroatoms. The molecule has 138 valence electrons. The van der Waals surface area contributed by atoms with E-state index in [0.29, 0.717) is 0 Å². The van der Waals surface area contributed by atoms with Crippen molar-refractivity contribution >= 4 is 17.7 Å². The van der Waals surface area contributed by atoms with E-state index in [-0.39, 0.29) is 18.0 Å². The lowest BCUT2D eigenvalue weighted by atomic mass is 9.96. The molecule has 0 aromatic heterocycles. The van der Waals surface area contributed by atoms with Crippen LogP contribution >= 0.6 is 0 Å². The van der Waals surface area contributed by atoms with E-state index in [4.69, 9.17) is 9.84 Å². The van der Waals surface area contributed by atoms with Crippen LogP contribution in [0.15, 0.2) is 24.3 Å². The molecule has 1 aliphatic heterocycles. The van der Waals surface area contributed by atoms with Crippen molar-refractivity contribution < 1.29 is 37.0 Å². The quantitative estimate of drug-likeness (QED) is 0.788. The van der Waals surface area contributed by atoms with Gasteiger partial charge in [-0.15, -0.1) is 0 Å². The van der Waals surface area contributed by atoms with Crippen molar-refractivity contribution in [3.8, 4) is 5.75 Å². The van der Waals surface area contributed by atoms with Gasteiger partial charge in [-0.05, 0) is 12.1 Å². The number of carboxylic acid groups (broad SMARTS) is 1. The summed E-state index contributed by atoms with van der Waals surface area (Å²) >= 11 is 0. The van der Waals surface area contributed by atoms with Gasteiger partial charge in [-0.3, -0.25) is 4.79 Å². The van der Waals surface area contributed by atoms with Crippen molar-refractivity contribution in [2.75, 3.05) is 31.7 Å². The third-order valence-corrected chi connectivity index (χ3v) is 3.81. The monoisotopic (exact) mass is 364 g/mol. The van der Waals surface area contributed by atoms with Gasteiger partial charge < -0.3 is 20.1 Å². The van der Waals surface area contributed by atoms with Crippen LogP contribution in [0.3, 0.4) is 0 Å². The Labute approximate surface area is 140 Å². The number of para-hydroxylation sites is 2. The SMILES string of the molecule is O=C(O)[C@@H]1CN(C(=O)Nc2ccccc2OCCF)C[C@H]1C(F)(F)F. The Hall–Kier alpha value is -2.52. The lowest BCUT2D eigenvalue weighted by molar-refractivity contribution is -0.187. The molecule has 1 aromatic carbocycles. The third kappa shape index (κ3) is 4.52. The molecule has 1 aliphatic rings. The summed E-state index contributed by atoms with van der Waals surface area (Å²) in [5.74, 6) is -5.29. The molecule has 2 atom stereocenters. The number of hydrogen-bond acceptors (Lipinski definition) is 3. The largest absolute Gasteiger partial charge is 0.489 e. The Morgan fingerprint density at radius 3 is 2.52 bits per heavy atom. The van der Waals surface area contributed by atoms with Gasteiger partial charge in [0.1, 0.15) is 19.0 Å². The fourth-order valence-electron chi connectivity index (χ4n) is 2.59. The minimum Gasteiger partial charge on any atom is -0.489 e. The summed E-state index contributed by atoms with van der Waals surface area (Å²) in [6.45, 7) is -2.30. The van der Waals surface area contributed by atoms with E-state index in [1.165, 1.54) is 12.1 Å². The van der Waals surface area contributed by atoms with Gasteiger partial charge in [0.15, 0.2) is 0 Å². The lowest BCUT2D eigenvalue weighted by Gasteiger charge is -2.19. The van der Waals surface area contributed by atoms with Crippen LogP contribution in [-0.4, -0.2) is 54.6 Å². The van der Waals surface area contributed by atoms with E-state index in [2.05, 4.69) is 5.32 Å². The highest BCUT2D eigenvalue weighted by Gasteiger charge is 2.53. The Morgan fingerprint density at radius 2 is 1.96 bits per heavy atom. The highest BCUT2D eigenvalue weighted by Crippen LogP contribution is 2.38. The topological polar surface area (TPSA) is 78.9 Å². The molecule has 0 radical (unpaired) electrons. The summed E-state index contributed by atoms with van der Waals surface area (Å²) in [4.78, 5) is 24.0. The third-order valence-electron chi connectivity index (χ3n) is 3.81. The molecule has 0 spiro atoms. The predicted molar refractivity (Wildman–Crippen MR) is 79.2 cm³/mol. The molecule has 0 bridgehead atoms. The van der Waals surface area contributed by atoms with E-state index in [1.807, 2.05) is 0 Å². The normalized spacial score (nSPS) is 20.4. The number of nitrogens with one attached hydrogen (secondary N) is 1. The van der Waals surface area contributed by atoms with Gasteiger partial charge in [0.05, 0.1) is 17.5 Å². The number of amides is 2. The number of urea groups is 1. The van der Waals surface area contributed by atoms with Crippen molar-refractivity contribution in [3.05, 3.63) is 24.3 Å². The summed E-state index contributed by atoms with van der Waals surface area (Å²) in [6, 6.07) is 5.17. The fourth-order valence-corrected chi connectivity index (χ4v) is 2.59. The highest BCUT2D eigenvalue weighted by molar-refractivity contribution is 5.91. The maximum Gasteiger partial charge on any atom is 0.394 e. The average molecular weight is 364 g/mol. The minimum atomic E-state index is -4.72. The molecular weight excluding hydrogens is 348 g/mol. The van der Waals surface area contributed by atoms with Gasteiger partial charge in [0.25, 0.3) is 0 Å². The van der Waals surface area contributed by atoms with Gasteiger partial charge in [-0.2, -0.15) is 13.2 Å². The Morgan fingerprint density at radius 1 is 1.28 bits per heavy atom. The van der Waals surface area contributed by atoms with Gasteiger partial charge >= 0.3 is 18.2 Å². The Balaban J connectivity index is 2.10. The highest BCUT2D eigenvalue weighted by atomic mass is 19.4. The zero-order valence-corrected chi connectivity index (χ0v) is 12.9. The first kappa shape index (κ1) is 18.8. The molecule has 1 aromatic rings. The number of ether oxygens (including phenoxy) is 1. The molecule has 0 unspecified atom stereocenters. The number of nitrogens with zero attached hydrogens (tertiary/aromatic N) is 1. The van der Waals surface area contributed by atoms with Crippen LogP contribution in [0, 0.1) is 11.8 Å². The predicted octanol–water partition coefficient (Wildman–Crippen LogP) is 2.76. The zero-order valence-electron chi connectivity index (χ0n) is 12.9. The average Bonchev–Trinajstić information content (AvgIpc) is 3.00. The number of carbonyl (C=O) groups is 2. The molecule has 0 saturated carbocycles. The number of alkyl halides is 4. The first-order valence-electron chi connectivity index (χ1n) is 7.37. The van der Waals surface area contributed by atoms with Crippen molar-refractivity contribution in [3.63, 3.8) is 0 Å². The number of carbonyl (C=O) groups excluding carboxylic acids is 1. The van der Waals surface area contributed by atoms with Crippen molar-refractivity contribution in [2.24, 2.45) is 11.8 Å². The summed E-state index contributed by atoms with van der Waals surface area (Å²) in [6.07, 6.45) is -4.72. The number of halogens is 4. The number of anilines is 1. The summed E-state index contributed by atoms with van der Waals surface area (Å²) in [5.41, 5.74) is 0.156. The number of aliphatic carboxylic acids is 1. The van der Waals surface area contributed by atoms with Gasteiger partial charge in [0.2, 0.25) is 0 Å². The number of carboxylic acids is 1.